The van der Waals surface area contributed by atoms with E-state index in [2.05, 4.69) is 17.2 Å². The lowest BCUT2D eigenvalue weighted by molar-refractivity contribution is -0.113. The van der Waals surface area contributed by atoms with E-state index in [9.17, 15) is 13.2 Å². The monoisotopic (exact) mass is 486 g/mol. The first-order valence-electron chi connectivity index (χ1n) is 9.10. The molecule has 1 aromatic heterocycles. The van der Waals surface area contributed by atoms with E-state index in [-0.39, 0.29) is 16.6 Å². The zero-order chi connectivity index (χ0) is 21.9. The minimum Gasteiger partial charge on any atom is -0.324 e. The largest absolute Gasteiger partial charge is 0.324 e. The summed E-state index contributed by atoms with van der Waals surface area (Å²) < 4.78 is 25.3. The van der Waals surface area contributed by atoms with Gasteiger partial charge in [0.1, 0.15) is 0 Å². The Morgan fingerprint density at radius 3 is 2.70 bits per heavy atom. The van der Waals surface area contributed by atoms with Crippen molar-refractivity contribution in [3.8, 4) is 0 Å². The number of primary sulfonamides is 1. The number of hydrogen-bond acceptors (Lipinski definition) is 5. The molecule has 0 aliphatic heterocycles. The number of unbranched alkanes of at least 4 members (excludes halogenated alkanes) is 1. The smallest absolute Gasteiger partial charge is 0.238 e. The Morgan fingerprint density at radius 1 is 1.23 bits per heavy atom. The fourth-order valence-corrected chi connectivity index (χ4v) is 4.53. The number of fused-ring (bicyclic) bond motifs is 1. The van der Waals surface area contributed by atoms with Gasteiger partial charge >= 0.3 is 0 Å². The van der Waals surface area contributed by atoms with Crippen LogP contribution in [0.15, 0.2) is 46.5 Å². The molecule has 0 unspecified atom stereocenters. The molecule has 3 aromatic rings. The average Bonchev–Trinajstić information content (AvgIpc) is 3.03. The number of nitrogens with two attached hydrogens (primary N) is 1. The SMILES string of the molecule is CCCCn1c(SCC(=O)Nc2cc(Cl)ccc2Cl)nc2cc(S(N)(=O)=O)ccc21. The Labute approximate surface area is 189 Å². The fraction of sp³-hybridized carbons (Fsp3) is 0.263. The van der Waals surface area contributed by atoms with E-state index >= 15 is 0 Å². The molecule has 3 rings (SSSR count). The Balaban J connectivity index is 1.83. The van der Waals surface area contributed by atoms with Crippen molar-refractivity contribution in [2.45, 2.75) is 36.4 Å². The highest BCUT2D eigenvalue weighted by atomic mass is 35.5. The number of anilines is 1. The fourth-order valence-electron chi connectivity index (χ4n) is 2.82. The van der Waals surface area contributed by atoms with E-state index < -0.39 is 10.0 Å². The van der Waals surface area contributed by atoms with Gasteiger partial charge in [0.15, 0.2) is 5.16 Å². The maximum Gasteiger partial charge on any atom is 0.238 e. The Hall–Kier alpha value is -1.78. The minimum absolute atomic E-state index is 0.0000303. The van der Waals surface area contributed by atoms with Crippen LogP contribution >= 0.6 is 35.0 Å². The number of sulfonamides is 1. The Morgan fingerprint density at radius 2 is 2.00 bits per heavy atom. The molecule has 2 aromatic carbocycles. The topological polar surface area (TPSA) is 107 Å². The molecule has 3 N–H and O–H groups in total. The predicted octanol–water partition coefficient (Wildman–Crippen LogP) is 4.52. The average molecular weight is 487 g/mol. The molecule has 7 nitrogen and oxygen atoms in total. The molecule has 0 fully saturated rings. The number of aromatic nitrogens is 2. The molecule has 1 heterocycles. The summed E-state index contributed by atoms with van der Waals surface area (Å²) in [6.07, 6.45) is 1.90. The number of aryl methyl sites for hydroxylation is 1. The van der Waals surface area contributed by atoms with Crippen LogP contribution in [0.5, 0.6) is 0 Å². The van der Waals surface area contributed by atoms with E-state index in [1.165, 1.54) is 23.9 Å². The van der Waals surface area contributed by atoms with Gasteiger partial charge in [-0.2, -0.15) is 0 Å². The lowest BCUT2D eigenvalue weighted by atomic mass is 10.3. The number of carbonyl (C=O) groups is 1. The van der Waals surface area contributed by atoms with Gasteiger partial charge in [-0.25, -0.2) is 18.5 Å². The molecule has 11 heteroatoms. The zero-order valence-corrected chi connectivity index (χ0v) is 19.2. The summed E-state index contributed by atoms with van der Waals surface area (Å²) in [6, 6.07) is 9.43. The second kappa shape index (κ2) is 9.57. The number of imidazole rings is 1. The van der Waals surface area contributed by atoms with Crippen LogP contribution in [-0.2, 0) is 21.4 Å². The number of halogens is 2. The van der Waals surface area contributed by atoms with Crippen LogP contribution in [0.1, 0.15) is 19.8 Å². The van der Waals surface area contributed by atoms with E-state index in [1.54, 1.807) is 24.3 Å². The van der Waals surface area contributed by atoms with Crippen molar-refractivity contribution < 1.29 is 13.2 Å². The van der Waals surface area contributed by atoms with Crippen LogP contribution in [0.4, 0.5) is 5.69 Å². The van der Waals surface area contributed by atoms with E-state index in [0.717, 1.165) is 18.4 Å². The molecule has 0 bridgehead atoms. The highest BCUT2D eigenvalue weighted by molar-refractivity contribution is 7.99. The summed E-state index contributed by atoms with van der Waals surface area (Å²) in [5.41, 5.74) is 1.74. The van der Waals surface area contributed by atoms with Crippen LogP contribution in [0.25, 0.3) is 11.0 Å². The van der Waals surface area contributed by atoms with Crippen LogP contribution in [0, 0.1) is 0 Å². The first kappa shape index (κ1) is 22.9. The number of thioether (sulfide) groups is 1. The third-order valence-electron chi connectivity index (χ3n) is 4.28. The van der Waals surface area contributed by atoms with Crippen molar-refractivity contribution in [3.63, 3.8) is 0 Å². The van der Waals surface area contributed by atoms with Gasteiger partial charge < -0.3 is 9.88 Å². The van der Waals surface area contributed by atoms with Crippen LogP contribution in [-0.4, -0.2) is 29.6 Å². The molecule has 160 valence electrons. The third kappa shape index (κ3) is 5.47. The molecule has 0 aliphatic carbocycles. The quantitative estimate of drug-likeness (QED) is 0.455. The molecule has 30 heavy (non-hydrogen) atoms. The first-order valence-corrected chi connectivity index (χ1v) is 12.4. The standard InChI is InChI=1S/C19H20Cl2N4O3S2/c1-2-3-8-25-17-7-5-13(30(22,27)28)10-16(17)24-19(25)29-11-18(26)23-15-9-12(20)4-6-14(15)21/h4-7,9-10H,2-3,8,11H2,1H3,(H,23,26)(H2,22,27,28). The molecule has 0 aliphatic rings. The normalized spacial score (nSPS) is 11.7. The van der Waals surface area contributed by atoms with Gasteiger partial charge in [0, 0.05) is 11.6 Å². The number of nitrogens with one attached hydrogen (secondary N) is 1. The summed E-state index contributed by atoms with van der Waals surface area (Å²) >= 11 is 13.3. The van der Waals surface area contributed by atoms with Gasteiger partial charge in [0.2, 0.25) is 15.9 Å². The van der Waals surface area contributed by atoms with Gasteiger partial charge in [-0.15, -0.1) is 0 Å². The zero-order valence-electron chi connectivity index (χ0n) is 16.1. The number of amides is 1. The van der Waals surface area contributed by atoms with Crippen molar-refractivity contribution >= 4 is 67.6 Å². The summed E-state index contributed by atoms with van der Waals surface area (Å²) in [5.74, 6) is -0.163. The second-order valence-electron chi connectivity index (χ2n) is 6.56. The van der Waals surface area contributed by atoms with Crippen molar-refractivity contribution in [1.29, 1.82) is 0 Å². The number of benzene rings is 2. The van der Waals surface area contributed by atoms with Gasteiger partial charge in [0.05, 0.1) is 32.4 Å². The third-order valence-corrected chi connectivity index (χ3v) is 6.74. The molecule has 0 saturated carbocycles. The lowest BCUT2D eigenvalue weighted by Crippen LogP contribution is -2.15. The Kier molecular flexibility index (Phi) is 7.30. The maximum atomic E-state index is 12.4. The first-order chi connectivity index (χ1) is 14.2. The molecule has 0 spiro atoms. The van der Waals surface area contributed by atoms with Gasteiger partial charge in [-0.1, -0.05) is 48.3 Å². The second-order valence-corrected chi connectivity index (χ2v) is 9.90. The van der Waals surface area contributed by atoms with Crippen molar-refractivity contribution in [1.82, 2.24) is 9.55 Å². The summed E-state index contributed by atoms with van der Waals surface area (Å²) in [4.78, 5) is 16.9. The molecular formula is C19H20Cl2N4O3S2. The molecule has 0 radical (unpaired) electrons. The lowest BCUT2D eigenvalue weighted by Gasteiger charge is -2.09. The molecule has 0 saturated heterocycles. The Bertz CT molecular complexity index is 1200. The summed E-state index contributed by atoms with van der Waals surface area (Å²) in [6.45, 7) is 2.78. The molecule has 0 atom stereocenters. The number of carbonyl (C=O) groups excluding carboxylic acids is 1. The van der Waals surface area contributed by atoms with Gasteiger partial charge in [0.25, 0.3) is 0 Å². The highest BCUT2D eigenvalue weighted by Gasteiger charge is 2.16. The maximum absolute atomic E-state index is 12.4. The van der Waals surface area contributed by atoms with E-state index in [4.69, 9.17) is 28.3 Å². The minimum atomic E-state index is -3.83. The number of rotatable bonds is 8. The van der Waals surface area contributed by atoms with Crippen LogP contribution < -0.4 is 10.5 Å². The molecular weight excluding hydrogens is 467 g/mol. The number of hydrogen-bond donors (Lipinski definition) is 2. The summed E-state index contributed by atoms with van der Waals surface area (Å²) in [7, 11) is -3.83. The van der Waals surface area contributed by atoms with E-state index in [0.29, 0.717) is 33.0 Å². The van der Waals surface area contributed by atoms with Crippen molar-refractivity contribution in [2.24, 2.45) is 5.14 Å². The van der Waals surface area contributed by atoms with Crippen LogP contribution in [0.3, 0.4) is 0 Å². The predicted molar refractivity (Wildman–Crippen MR) is 122 cm³/mol. The molecule has 1 amide bonds. The van der Waals surface area contributed by atoms with Crippen molar-refractivity contribution in [2.75, 3.05) is 11.1 Å². The number of nitrogens with zero attached hydrogens (tertiary/aromatic N) is 2. The van der Waals surface area contributed by atoms with Gasteiger partial charge in [-0.3, -0.25) is 4.79 Å². The summed E-state index contributed by atoms with van der Waals surface area (Å²) in [5, 5.41) is 9.45. The van der Waals surface area contributed by atoms with Crippen molar-refractivity contribution in [3.05, 3.63) is 46.4 Å². The van der Waals surface area contributed by atoms with Crippen LogP contribution in [0.2, 0.25) is 10.0 Å². The van der Waals surface area contributed by atoms with E-state index in [1.807, 2.05) is 4.57 Å². The highest BCUT2D eigenvalue weighted by Crippen LogP contribution is 2.28. The van der Waals surface area contributed by atoms with Gasteiger partial charge in [-0.05, 0) is 42.8 Å².